The van der Waals surface area contributed by atoms with Crippen molar-refractivity contribution in [3.8, 4) is 5.75 Å². The summed E-state index contributed by atoms with van der Waals surface area (Å²) in [5.74, 6) is -1.52. The summed E-state index contributed by atoms with van der Waals surface area (Å²) in [6, 6.07) is 7.38. The van der Waals surface area contributed by atoms with Crippen molar-refractivity contribution < 1.29 is 33.0 Å². The van der Waals surface area contributed by atoms with Crippen LogP contribution in [0.4, 0.5) is 5.88 Å². The lowest BCUT2D eigenvalue weighted by molar-refractivity contribution is -0.118. The van der Waals surface area contributed by atoms with Gasteiger partial charge in [-0.15, -0.1) is 0 Å². The number of hydrogen-bond acceptors (Lipinski definition) is 7. The van der Waals surface area contributed by atoms with Gasteiger partial charge in [0.25, 0.3) is 5.91 Å². The molecule has 29 heavy (non-hydrogen) atoms. The lowest BCUT2D eigenvalue weighted by Crippen LogP contribution is -2.22. The summed E-state index contributed by atoms with van der Waals surface area (Å²) in [6.45, 7) is 6.67. The van der Waals surface area contributed by atoms with E-state index in [0.29, 0.717) is 5.75 Å². The van der Waals surface area contributed by atoms with Crippen LogP contribution in [0.1, 0.15) is 52.8 Å². The lowest BCUT2D eigenvalue weighted by Gasteiger charge is -2.10. The number of nitrogens with one attached hydrogen (secondary N) is 1. The first-order chi connectivity index (χ1) is 13.9. The number of furan rings is 1. The van der Waals surface area contributed by atoms with Crippen LogP contribution in [0.3, 0.4) is 0 Å². The molecule has 0 radical (unpaired) electrons. The van der Waals surface area contributed by atoms with E-state index in [1.54, 1.807) is 19.9 Å². The van der Waals surface area contributed by atoms with E-state index < -0.39 is 17.8 Å². The number of esters is 2. The van der Waals surface area contributed by atoms with Gasteiger partial charge in [-0.1, -0.05) is 25.1 Å². The van der Waals surface area contributed by atoms with Gasteiger partial charge in [-0.25, -0.2) is 9.59 Å². The van der Waals surface area contributed by atoms with Gasteiger partial charge in [-0.2, -0.15) is 0 Å². The normalized spacial score (nSPS) is 10.3. The van der Waals surface area contributed by atoms with E-state index >= 15 is 0 Å². The molecule has 1 amide bonds. The number of carbonyl (C=O) groups is 3. The molecule has 8 heteroatoms. The molecule has 1 heterocycles. The van der Waals surface area contributed by atoms with Crippen LogP contribution in [0.25, 0.3) is 0 Å². The fourth-order valence-corrected chi connectivity index (χ4v) is 2.72. The summed E-state index contributed by atoms with van der Waals surface area (Å²) < 4.78 is 21.0. The molecule has 0 spiro atoms. The molecule has 0 aliphatic heterocycles. The third-order valence-corrected chi connectivity index (χ3v) is 4.01. The molecule has 1 aromatic heterocycles. The minimum Gasteiger partial charge on any atom is -0.483 e. The van der Waals surface area contributed by atoms with Gasteiger partial charge < -0.3 is 18.6 Å². The number of anilines is 1. The van der Waals surface area contributed by atoms with E-state index in [-0.39, 0.29) is 42.6 Å². The molecular weight excluding hydrogens is 378 g/mol. The van der Waals surface area contributed by atoms with Crippen LogP contribution >= 0.6 is 0 Å². The van der Waals surface area contributed by atoms with Crippen LogP contribution in [0, 0.1) is 6.92 Å². The summed E-state index contributed by atoms with van der Waals surface area (Å²) >= 11 is 0. The van der Waals surface area contributed by atoms with Gasteiger partial charge in [0.15, 0.2) is 6.61 Å². The Morgan fingerprint density at radius 1 is 0.966 bits per heavy atom. The summed E-state index contributed by atoms with van der Waals surface area (Å²) in [5.41, 5.74) is 0.717. The first-order valence-electron chi connectivity index (χ1n) is 9.40. The fraction of sp³-hybridized carbons (Fsp3) is 0.381. The van der Waals surface area contributed by atoms with E-state index in [9.17, 15) is 14.4 Å². The van der Waals surface area contributed by atoms with E-state index in [1.807, 2.05) is 25.1 Å². The molecule has 1 aromatic carbocycles. The molecule has 2 rings (SSSR count). The Balaban J connectivity index is 2.22. The van der Waals surface area contributed by atoms with Crippen molar-refractivity contribution in [3.05, 3.63) is 46.7 Å². The maximum Gasteiger partial charge on any atom is 0.344 e. The zero-order chi connectivity index (χ0) is 21.4. The number of aryl methyl sites for hydroxylation is 2. The average molecular weight is 403 g/mol. The highest BCUT2D eigenvalue weighted by Crippen LogP contribution is 2.29. The Labute approximate surface area is 169 Å². The van der Waals surface area contributed by atoms with Gasteiger partial charge in [0, 0.05) is 0 Å². The molecule has 1 N–H and O–H groups in total. The van der Waals surface area contributed by atoms with Gasteiger partial charge in [-0.3, -0.25) is 10.1 Å². The number of carbonyl (C=O) groups excluding carboxylic acids is 3. The summed E-state index contributed by atoms with van der Waals surface area (Å²) in [7, 11) is 0. The largest absolute Gasteiger partial charge is 0.483 e. The molecule has 0 saturated carbocycles. The van der Waals surface area contributed by atoms with Crippen LogP contribution in [0.2, 0.25) is 0 Å². The zero-order valence-corrected chi connectivity index (χ0v) is 17.0. The second kappa shape index (κ2) is 10.3. The third kappa shape index (κ3) is 5.37. The summed E-state index contributed by atoms with van der Waals surface area (Å²) in [5, 5.41) is 2.48. The molecule has 8 nitrogen and oxygen atoms in total. The molecule has 2 aromatic rings. The quantitative estimate of drug-likeness (QED) is 0.639. The maximum atomic E-state index is 12.4. The van der Waals surface area contributed by atoms with Gasteiger partial charge in [-0.05, 0) is 38.8 Å². The Morgan fingerprint density at radius 2 is 1.59 bits per heavy atom. The summed E-state index contributed by atoms with van der Waals surface area (Å²) in [4.78, 5) is 37.0. The molecule has 0 aliphatic carbocycles. The Morgan fingerprint density at radius 3 is 2.21 bits per heavy atom. The van der Waals surface area contributed by atoms with Gasteiger partial charge >= 0.3 is 11.9 Å². The molecule has 0 unspecified atom stereocenters. The van der Waals surface area contributed by atoms with Crippen molar-refractivity contribution in [1.29, 1.82) is 0 Å². The van der Waals surface area contributed by atoms with Gasteiger partial charge in [0.2, 0.25) is 5.88 Å². The van der Waals surface area contributed by atoms with Crippen molar-refractivity contribution in [2.45, 2.75) is 34.1 Å². The van der Waals surface area contributed by atoms with Gasteiger partial charge in [0.05, 0.1) is 13.2 Å². The number of para-hydroxylation sites is 1. The lowest BCUT2D eigenvalue weighted by atomic mass is 10.1. The smallest absolute Gasteiger partial charge is 0.344 e. The first-order valence-corrected chi connectivity index (χ1v) is 9.40. The monoisotopic (exact) mass is 403 g/mol. The van der Waals surface area contributed by atoms with E-state index in [0.717, 1.165) is 12.0 Å². The molecule has 0 atom stereocenters. The molecule has 156 valence electrons. The second-order valence-corrected chi connectivity index (χ2v) is 5.98. The number of benzene rings is 1. The van der Waals surface area contributed by atoms with Crippen LogP contribution < -0.4 is 10.1 Å². The standard InChI is InChI=1S/C21H25NO7/c1-5-14-10-8-9-11-15(14)28-12-16(23)22-19-18(21(25)27-7-3)17(13(4)29-19)20(24)26-6-2/h8-11H,5-7,12H2,1-4H3,(H,22,23). The van der Waals surface area contributed by atoms with Crippen molar-refractivity contribution in [2.24, 2.45) is 0 Å². The Bertz CT molecular complexity index is 885. The highest BCUT2D eigenvalue weighted by molar-refractivity contribution is 6.09. The van der Waals surface area contributed by atoms with Crippen LogP contribution in [0.15, 0.2) is 28.7 Å². The minimum atomic E-state index is -0.792. The zero-order valence-electron chi connectivity index (χ0n) is 17.0. The number of ether oxygens (including phenoxy) is 3. The van der Waals surface area contributed by atoms with Crippen molar-refractivity contribution in [1.82, 2.24) is 0 Å². The number of amides is 1. The third-order valence-electron chi connectivity index (χ3n) is 4.01. The predicted molar refractivity (Wildman–Crippen MR) is 105 cm³/mol. The number of rotatable bonds is 9. The molecule has 0 aliphatic rings. The van der Waals surface area contributed by atoms with Crippen molar-refractivity contribution >= 4 is 23.7 Å². The predicted octanol–water partition coefficient (Wildman–Crippen LogP) is 3.52. The topological polar surface area (TPSA) is 104 Å². The molecule has 0 bridgehead atoms. The van der Waals surface area contributed by atoms with Crippen LogP contribution in [0.5, 0.6) is 5.75 Å². The molecule has 0 fully saturated rings. The molecule has 0 saturated heterocycles. The van der Waals surface area contributed by atoms with E-state index in [2.05, 4.69) is 5.32 Å². The minimum absolute atomic E-state index is 0.0714. The SMILES string of the molecule is CCOC(=O)c1c(C)oc(NC(=O)COc2ccccc2CC)c1C(=O)OCC. The Hall–Kier alpha value is -3.29. The number of hydrogen-bond donors (Lipinski definition) is 1. The second-order valence-electron chi connectivity index (χ2n) is 5.98. The van der Waals surface area contributed by atoms with E-state index in [1.165, 1.54) is 6.92 Å². The Kier molecular flexibility index (Phi) is 7.82. The van der Waals surface area contributed by atoms with Crippen LogP contribution in [-0.2, 0) is 20.7 Å². The average Bonchev–Trinajstić information content (AvgIpc) is 3.02. The summed E-state index contributed by atoms with van der Waals surface area (Å²) in [6.07, 6.45) is 0.755. The first kappa shape index (κ1) is 22.0. The van der Waals surface area contributed by atoms with Gasteiger partial charge in [0.1, 0.15) is 22.6 Å². The molecular formula is C21H25NO7. The van der Waals surface area contributed by atoms with Crippen molar-refractivity contribution in [2.75, 3.05) is 25.1 Å². The fourth-order valence-electron chi connectivity index (χ4n) is 2.72. The highest BCUT2D eigenvalue weighted by atomic mass is 16.5. The van der Waals surface area contributed by atoms with Crippen LogP contribution in [-0.4, -0.2) is 37.7 Å². The van der Waals surface area contributed by atoms with E-state index in [4.69, 9.17) is 18.6 Å². The maximum absolute atomic E-state index is 12.4. The van der Waals surface area contributed by atoms with Crippen molar-refractivity contribution in [3.63, 3.8) is 0 Å². The highest BCUT2D eigenvalue weighted by Gasteiger charge is 2.31.